The minimum Gasteiger partial charge on any atom is -0.356 e. The van der Waals surface area contributed by atoms with Gasteiger partial charge in [0, 0.05) is 25.7 Å². The van der Waals surface area contributed by atoms with Crippen LogP contribution in [0, 0.1) is 5.82 Å². The Bertz CT molecular complexity index is 860. The second-order valence-electron chi connectivity index (χ2n) is 5.73. The van der Waals surface area contributed by atoms with Gasteiger partial charge in [0.15, 0.2) is 11.8 Å². The van der Waals surface area contributed by atoms with Crippen molar-refractivity contribution in [3.8, 4) is 11.4 Å². The lowest BCUT2D eigenvalue weighted by Gasteiger charge is -2.12. The summed E-state index contributed by atoms with van der Waals surface area (Å²) in [6, 6.07) is 14.8. The van der Waals surface area contributed by atoms with E-state index in [9.17, 15) is 4.39 Å². The number of aromatic nitrogens is 3. The Hall–Kier alpha value is -3.22. The van der Waals surface area contributed by atoms with Crippen molar-refractivity contribution in [3.63, 3.8) is 0 Å². The van der Waals surface area contributed by atoms with Crippen molar-refractivity contribution in [2.45, 2.75) is 13.0 Å². The molecule has 0 fully saturated rings. The Morgan fingerprint density at radius 1 is 1.15 bits per heavy atom. The first-order valence-electron chi connectivity index (χ1n) is 8.39. The van der Waals surface area contributed by atoms with Gasteiger partial charge in [0.1, 0.15) is 12.1 Å². The summed E-state index contributed by atoms with van der Waals surface area (Å²) in [6.45, 7) is 1.21. The summed E-state index contributed by atoms with van der Waals surface area (Å²) < 4.78 is 13.6. The van der Waals surface area contributed by atoms with E-state index in [4.69, 9.17) is 0 Å². The smallest absolute Gasteiger partial charge is 0.191 e. The van der Waals surface area contributed by atoms with E-state index >= 15 is 0 Å². The molecule has 26 heavy (non-hydrogen) atoms. The van der Waals surface area contributed by atoms with Crippen LogP contribution in [-0.4, -0.2) is 34.7 Å². The number of H-pyrrole nitrogens is 1. The van der Waals surface area contributed by atoms with Crippen molar-refractivity contribution in [2.24, 2.45) is 4.99 Å². The molecule has 6 nitrogen and oxygen atoms in total. The standard InChI is InChI=1S/C19H21FN6/c1-21-19(22-10-9-15-6-2-3-8-17(15)20)23-12-14-5-4-7-16(11-14)18-24-13-25-26-18/h2-8,11,13H,9-10,12H2,1H3,(H2,21,22,23)(H,24,25,26). The highest BCUT2D eigenvalue weighted by Crippen LogP contribution is 2.15. The molecule has 1 heterocycles. The quantitative estimate of drug-likeness (QED) is 0.471. The number of aliphatic imine (C=N–C) groups is 1. The zero-order valence-corrected chi connectivity index (χ0v) is 14.5. The number of hydrogen-bond acceptors (Lipinski definition) is 3. The van der Waals surface area contributed by atoms with Crippen LogP contribution in [0.5, 0.6) is 0 Å². The Balaban J connectivity index is 1.51. The molecule has 0 amide bonds. The minimum absolute atomic E-state index is 0.179. The first kappa shape index (κ1) is 17.6. The van der Waals surface area contributed by atoms with Gasteiger partial charge in [0.05, 0.1) is 0 Å². The maximum Gasteiger partial charge on any atom is 0.191 e. The van der Waals surface area contributed by atoms with E-state index in [2.05, 4.69) is 30.8 Å². The molecule has 3 N–H and O–H groups in total. The van der Waals surface area contributed by atoms with Crippen LogP contribution < -0.4 is 10.6 Å². The highest BCUT2D eigenvalue weighted by atomic mass is 19.1. The summed E-state index contributed by atoms with van der Waals surface area (Å²) in [7, 11) is 1.71. The van der Waals surface area contributed by atoms with Crippen LogP contribution in [0.1, 0.15) is 11.1 Å². The van der Waals surface area contributed by atoms with E-state index in [1.165, 1.54) is 12.4 Å². The zero-order chi connectivity index (χ0) is 18.2. The average Bonchev–Trinajstić information content (AvgIpc) is 3.21. The summed E-state index contributed by atoms with van der Waals surface area (Å²) in [6.07, 6.45) is 2.08. The van der Waals surface area contributed by atoms with Crippen LogP contribution >= 0.6 is 0 Å². The maximum atomic E-state index is 13.6. The summed E-state index contributed by atoms with van der Waals surface area (Å²) in [5.74, 6) is 1.23. The molecule has 2 aromatic carbocycles. The molecule has 0 saturated heterocycles. The molecular weight excluding hydrogens is 331 g/mol. The summed E-state index contributed by atoms with van der Waals surface area (Å²) >= 11 is 0. The van der Waals surface area contributed by atoms with Gasteiger partial charge in [-0.2, -0.15) is 5.10 Å². The van der Waals surface area contributed by atoms with Crippen molar-refractivity contribution in [1.29, 1.82) is 0 Å². The van der Waals surface area contributed by atoms with Gasteiger partial charge < -0.3 is 10.6 Å². The first-order chi connectivity index (χ1) is 12.8. The number of rotatable bonds is 6. The monoisotopic (exact) mass is 352 g/mol. The molecule has 0 aliphatic rings. The third kappa shape index (κ3) is 4.66. The Morgan fingerprint density at radius 2 is 2.04 bits per heavy atom. The lowest BCUT2D eigenvalue weighted by Crippen LogP contribution is -2.37. The SMILES string of the molecule is CN=C(NCCc1ccccc1F)NCc1cccc(-c2ncn[nH]2)c1. The van der Waals surface area contributed by atoms with Crippen LogP contribution in [0.3, 0.4) is 0 Å². The van der Waals surface area contributed by atoms with Gasteiger partial charge in [-0.3, -0.25) is 10.1 Å². The minimum atomic E-state index is -0.179. The topological polar surface area (TPSA) is 78.0 Å². The largest absolute Gasteiger partial charge is 0.356 e. The highest BCUT2D eigenvalue weighted by molar-refractivity contribution is 5.79. The van der Waals surface area contributed by atoms with Crippen LogP contribution in [0.4, 0.5) is 4.39 Å². The molecule has 0 aliphatic carbocycles. The molecule has 134 valence electrons. The van der Waals surface area contributed by atoms with Crippen LogP contribution in [0.25, 0.3) is 11.4 Å². The first-order valence-corrected chi connectivity index (χ1v) is 8.39. The maximum absolute atomic E-state index is 13.6. The summed E-state index contributed by atoms with van der Waals surface area (Å²) in [4.78, 5) is 8.36. The van der Waals surface area contributed by atoms with Crippen molar-refractivity contribution in [3.05, 3.63) is 71.8 Å². The van der Waals surface area contributed by atoms with Crippen molar-refractivity contribution in [2.75, 3.05) is 13.6 Å². The molecule has 3 aromatic rings. The van der Waals surface area contributed by atoms with Crippen molar-refractivity contribution < 1.29 is 4.39 Å². The lowest BCUT2D eigenvalue weighted by atomic mass is 10.1. The third-order valence-corrected chi connectivity index (χ3v) is 3.94. The molecule has 0 atom stereocenters. The second-order valence-corrected chi connectivity index (χ2v) is 5.73. The number of halogens is 1. The fourth-order valence-electron chi connectivity index (χ4n) is 2.60. The van der Waals surface area contributed by atoms with Gasteiger partial charge in [-0.15, -0.1) is 0 Å². The van der Waals surface area contributed by atoms with E-state index < -0.39 is 0 Å². The van der Waals surface area contributed by atoms with Crippen LogP contribution in [0.2, 0.25) is 0 Å². The Morgan fingerprint density at radius 3 is 2.81 bits per heavy atom. The predicted molar refractivity (Wildman–Crippen MR) is 100 cm³/mol. The normalized spacial score (nSPS) is 11.4. The number of guanidine groups is 1. The van der Waals surface area contributed by atoms with E-state index in [0.717, 1.165) is 17.0 Å². The van der Waals surface area contributed by atoms with Crippen molar-refractivity contribution >= 4 is 5.96 Å². The van der Waals surface area contributed by atoms with Gasteiger partial charge in [-0.05, 0) is 29.7 Å². The molecular formula is C19H21FN6. The Kier molecular flexibility index (Phi) is 5.92. The van der Waals surface area contributed by atoms with Crippen molar-refractivity contribution in [1.82, 2.24) is 25.8 Å². The van der Waals surface area contributed by atoms with Crippen LogP contribution in [-0.2, 0) is 13.0 Å². The average molecular weight is 352 g/mol. The molecule has 7 heteroatoms. The Labute approximate surface area is 151 Å². The summed E-state index contributed by atoms with van der Waals surface area (Å²) in [5, 5.41) is 13.2. The molecule has 0 bridgehead atoms. The van der Waals surface area contributed by atoms with Gasteiger partial charge in [0.25, 0.3) is 0 Å². The number of aromatic amines is 1. The van der Waals surface area contributed by atoms with E-state index in [1.54, 1.807) is 19.2 Å². The molecule has 3 rings (SSSR count). The number of hydrogen-bond donors (Lipinski definition) is 3. The van der Waals surface area contributed by atoms with Gasteiger partial charge >= 0.3 is 0 Å². The third-order valence-electron chi connectivity index (χ3n) is 3.94. The molecule has 0 saturated carbocycles. The number of benzene rings is 2. The molecule has 0 spiro atoms. The van der Waals surface area contributed by atoms with Gasteiger partial charge in [-0.1, -0.05) is 36.4 Å². The zero-order valence-electron chi connectivity index (χ0n) is 14.5. The molecule has 0 unspecified atom stereocenters. The summed E-state index contributed by atoms with van der Waals surface area (Å²) in [5.41, 5.74) is 2.76. The molecule has 0 aliphatic heterocycles. The van der Waals surface area contributed by atoms with Gasteiger partial charge in [0.2, 0.25) is 0 Å². The van der Waals surface area contributed by atoms with E-state index in [1.807, 2.05) is 30.3 Å². The molecule has 0 radical (unpaired) electrons. The fraction of sp³-hybridized carbons (Fsp3) is 0.211. The fourth-order valence-corrected chi connectivity index (χ4v) is 2.60. The highest BCUT2D eigenvalue weighted by Gasteiger charge is 2.04. The predicted octanol–water partition coefficient (Wildman–Crippen LogP) is 2.52. The molecule has 1 aromatic heterocycles. The van der Waals surface area contributed by atoms with E-state index in [-0.39, 0.29) is 5.82 Å². The lowest BCUT2D eigenvalue weighted by molar-refractivity contribution is 0.606. The second kappa shape index (κ2) is 8.75. The number of nitrogens with one attached hydrogen (secondary N) is 3. The van der Waals surface area contributed by atoms with Gasteiger partial charge in [-0.25, -0.2) is 9.37 Å². The van der Waals surface area contributed by atoms with Crippen LogP contribution in [0.15, 0.2) is 59.9 Å². The van der Waals surface area contributed by atoms with E-state index in [0.29, 0.717) is 31.0 Å². The number of nitrogens with zero attached hydrogens (tertiary/aromatic N) is 3.